The lowest BCUT2D eigenvalue weighted by Gasteiger charge is -2.23. The van der Waals surface area contributed by atoms with Gasteiger partial charge >= 0.3 is 0 Å². The predicted octanol–water partition coefficient (Wildman–Crippen LogP) is 4.19. The first-order valence-electron chi connectivity index (χ1n) is 10.7. The van der Waals surface area contributed by atoms with E-state index in [-0.39, 0.29) is 17.8 Å². The lowest BCUT2D eigenvalue weighted by molar-refractivity contribution is -0.129. The minimum atomic E-state index is -1.01. The number of benzene rings is 3. The second-order valence-corrected chi connectivity index (χ2v) is 8.65. The summed E-state index contributed by atoms with van der Waals surface area (Å²) in [6, 6.07) is 22.5. The van der Waals surface area contributed by atoms with Gasteiger partial charge in [0, 0.05) is 24.2 Å². The zero-order chi connectivity index (χ0) is 23.6. The van der Waals surface area contributed by atoms with E-state index in [1.807, 2.05) is 60.7 Å². The van der Waals surface area contributed by atoms with Crippen molar-refractivity contribution in [2.24, 2.45) is 0 Å². The molecule has 0 saturated carbocycles. The highest BCUT2D eigenvalue weighted by Crippen LogP contribution is 2.33. The van der Waals surface area contributed by atoms with E-state index in [9.17, 15) is 9.59 Å². The van der Waals surface area contributed by atoms with Gasteiger partial charge < -0.3 is 10.6 Å². The van der Waals surface area contributed by atoms with Gasteiger partial charge in [-0.2, -0.15) is 0 Å². The van der Waals surface area contributed by atoms with Crippen LogP contribution in [-0.2, 0) is 16.8 Å². The Kier molecular flexibility index (Phi) is 6.20. The van der Waals surface area contributed by atoms with E-state index in [0.717, 1.165) is 22.3 Å². The number of hydrogen-bond acceptors (Lipinski definition) is 3. The molecule has 168 valence electrons. The quantitative estimate of drug-likeness (QED) is 0.515. The minimum Gasteiger partial charge on any atom is -0.352 e. The van der Waals surface area contributed by atoms with Crippen molar-refractivity contribution in [2.75, 3.05) is 13.6 Å². The number of nitrogens with zero attached hydrogens (tertiary/aromatic N) is 1. The number of guanidine groups is 1. The molecule has 0 radical (unpaired) electrons. The molecule has 0 aromatic heterocycles. The molecule has 1 aliphatic rings. The summed E-state index contributed by atoms with van der Waals surface area (Å²) in [6.45, 7) is 2.26. The van der Waals surface area contributed by atoms with Crippen LogP contribution in [0.2, 0.25) is 5.02 Å². The normalized spacial score (nSPS) is 17.7. The van der Waals surface area contributed by atoms with E-state index in [0.29, 0.717) is 23.6 Å². The summed E-state index contributed by atoms with van der Waals surface area (Å²) in [6.07, 6.45) is 0.622. The van der Waals surface area contributed by atoms with E-state index in [1.54, 1.807) is 26.1 Å². The van der Waals surface area contributed by atoms with Crippen LogP contribution < -0.4 is 10.6 Å². The maximum atomic E-state index is 12.8. The summed E-state index contributed by atoms with van der Waals surface area (Å²) in [4.78, 5) is 26.5. The highest BCUT2D eigenvalue weighted by molar-refractivity contribution is 6.30. The van der Waals surface area contributed by atoms with Crippen molar-refractivity contribution in [3.63, 3.8) is 0 Å². The second-order valence-electron chi connectivity index (χ2n) is 8.22. The van der Waals surface area contributed by atoms with Crippen molar-refractivity contribution in [3.05, 3.63) is 94.5 Å². The van der Waals surface area contributed by atoms with Gasteiger partial charge in [-0.15, -0.1) is 0 Å². The van der Waals surface area contributed by atoms with Gasteiger partial charge in [-0.25, -0.2) is 0 Å². The molecule has 1 fully saturated rings. The number of likely N-dealkylation sites (N-methyl/N-ethyl adjacent to an activating group) is 1. The number of carbonyl (C=O) groups is 2. The predicted molar refractivity (Wildman–Crippen MR) is 130 cm³/mol. The lowest BCUT2D eigenvalue weighted by Crippen LogP contribution is -2.40. The van der Waals surface area contributed by atoms with Gasteiger partial charge in [-0.05, 0) is 65.9 Å². The molecule has 4 rings (SSSR count). The molecule has 1 aliphatic heterocycles. The average Bonchev–Trinajstić information content (AvgIpc) is 3.03. The van der Waals surface area contributed by atoms with Crippen molar-refractivity contribution in [1.82, 2.24) is 15.5 Å². The number of hydrogen-bond donors (Lipinski definition) is 3. The molecular formula is C26H25ClN4O2. The smallest absolute Gasteiger partial charge is 0.259 e. The number of halogens is 1. The Bertz CT molecular complexity index is 1230. The SMILES string of the molecule is CN1C(=N)NC(C)(c2cccc(-c3cc(Cl)ccc3CCNC(=O)c3ccccc3)c2)C1=O. The third kappa shape index (κ3) is 4.47. The third-order valence-electron chi connectivity index (χ3n) is 5.97. The summed E-state index contributed by atoms with van der Waals surface area (Å²) in [5.74, 6) is -0.219. The van der Waals surface area contributed by atoms with Crippen molar-refractivity contribution < 1.29 is 9.59 Å². The fraction of sp³-hybridized carbons (Fsp3) is 0.192. The molecule has 3 aromatic carbocycles. The van der Waals surface area contributed by atoms with Crippen LogP contribution in [0.4, 0.5) is 0 Å². The Balaban J connectivity index is 1.58. The van der Waals surface area contributed by atoms with Crippen LogP contribution >= 0.6 is 11.6 Å². The minimum absolute atomic E-state index is 0.0745. The molecule has 0 bridgehead atoms. The van der Waals surface area contributed by atoms with Crippen molar-refractivity contribution in [3.8, 4) is 11.1 Å². The van der Waals surface area contributed by atoms with Gasteiger partial charge in [-0.1, -0.05) is 54.1 Å². The van der Waals surface area contributed by atoms with E-state index in [2.05, 4.69) is 10.6 Å². The van der Waals surface area contributed by atoms with E-state index < -0.39 is 5.54 Å². The molecule has 0 aliphatic carbocycles. The maximum Gasteiger partial charge on any atom is 0.259 e. The monoisotopic (exact) mass is 460 g/mol. The fourth-order valence-electron chi connectivity index (χ4n) is 4.04. The summed E-state index contributed by atoms with van der Waals surface area (Å²) in [7, 11) is 1.59. The standard InChI is InChI=1S/C26H25ClN4O2/c1-26(24(33)31(2)25(28)30-26)20-10-6-9-19(15-20)22-16-21(27)12-11-17(22)13-14-29-23(32)18-7-4-3-5-8-18/h3-12,15-16H,13-14H2,1-2H3,(H2,28,30)(H,29,32). The Morgan fingerprint density at radius 2 is 1.85 bits per heavy atom. The van der Waals surface area contributed by atoms with Crippen molar-refractivity contribution in [1.29, 1.82) is 5.41 Å². The summed E-state index contributed by atoms with van der Waals surface area (Å²) in [5.41, 5.74) is 3.27. The molecular weight excluding hydrogens is 436 g/mol. The molecule has 33 heavy (non-hydrogen) atoms. The van der Waals surface area contributed by atoms with E-state index >= 15 is 0 Å². The zero-order valence-corrected chi connectivity index (χ0v) is 19.2. The molecule has 2 amide bonds. The fourth-order valence-corrected chi connectivity index (χ4v) is 4.21. The van der Waals surface area contributed by atoms with E-state index in [1.165, 1.54) is 4.90 Å². The van der Waals surface area contributed by atoms with Crippen LogP contribution in [0.15, 0.2) is 72.8 Å². The summed E-state index contributed by atoms with van der Waals surface area (Å²) in [5, 5.41) is 14.6. The molecule has 1 heterocycles. The highest BCUT2D eigenvalue weighted by Gasteiger charge is 2.45. The van der Waals surface area contributed by atoms with Gasteiger partial charge in [0.2, 0.25) is 0 Å². The molecule has 3 aromatic rings. The van der Waals surface area contributed by atoms with Gasteiger partial charge in [0.1, 0.15) is 5.54 Å². The average molecular weight is 461 g/mol. The Labute approximate surface area is 198 Å². The van der Waals surface area contributed by atoms with Crippen LogP contribution in [0.1, 0.15) is 28.4 Å². The van der Waals surface area contributed by atoms with Crippen LogP contribution in [0.25, 0.3) is 11.1 Å². The Morgan fingerprint density at radius 3 is 2.55 bits per heavy atom. The van der Waals surface area contributed by atoms with Crippen molar-refractivity contribution >= 4 is 29.4 Å². The zero-order valence-electron chi connectivity index (χ0n) is 18.5. The first-order valence-corrected chi connectivity index (χ1v) is 11.0. The number of rotatable bonds is 6. The highest BCUT2D eigenvalue weighted by atomic mass is 35.5. The van der Waals surface area contributed by atoms with Gasteiger partial charge in [0.15, 0.2) is 5.96 Å². The van der Waals surface area contributed by atoms with Crippen molar-refractivity contribution in [2.45, 2.75) is 18.9 Å². The first-order chi connectivity index (χ1) is 15.8. The molecule has 3 N–H and O–H groups in total. The number of amides is 2. The maximum absolute atomic E-state index is 12.8. The van der Waals surface area contributed by atoms with Gasteiger partial charge in [-0.3, -0.25) is 19.9 Å². The molecule has 0 spiro atoms. The molecule has 6 nitrogen and oxygen atoms in total. The van der Waals surface area contributed by atoms with E-state index in [4.69, 9.17) is 17.0 Å². The largest absolute Gasteiger partial charge is 0.352 e. The molecule has 1 unspecified atom stereocenters. The lowest BCUT2D eigenvalue weighted by atomic mass is 9.88. The van der Waals surface area contributed by atoms with Crippen LogP contribution in [-0.4, -0.2) is 36.3 Å². The number of nitrogens with one attached hydrogen (secondary N) is 3. The molecule has 1 saturated heterocycles. The van der Waals surface area contributed by atoms with Gasteiger partial charge in [0.25, 0.3) is 11.8 Å². The Hall–Kier alpha value is -3.64. The van der Waals surface area contributed by atoms with Crippen LogP contribution in [0.5, 0.6) is 0 Å². The number of carbonyl (C=O) groups excluding carboxylic acids is 2. The van der Waals surface area contributed by atoms with Crippen LogP contribution in [0.3, 0.4) is 0 Å². The third-order valence-corrected chi connectivity index (χ3v) is 6.21. The molecule has 7 heteroatoms. The Morgan fingerprint density at radius 1 is 1.09 bits per heavy atom. The summed E-state index contributed by atoms with van der Waals surface area (Å²) < 4.78 is 0. The topological polar surface area (TPSA) is 85.3 Å². The van der Waals surface area contributed by atoms with Crippen LogP contribution in [0, 0.1) is 5.41 Å². The second kappa shape index (κ2) is 9.08. The van der Waals surface area contributed by atoms with Gasteiger partial charge in [0.05, 0.1) is 0 Å². The first kappa shape index (κ1) is 22.6. The summed E-state index contributed by atoms with van der Waals surface area (Å²) >= 11 is 6.32. The molecule has 1 atom stereocenters.